The minimum atomic E-state index is -0.0151. The first kappa shape index (κ1) is 14.0. The van der Waals surface area contributed by atoms with Gasteiger partial charge in [-0.15, -0.1) is 22.9 Å². The fourth-order valence-electron chi connectivity index (χ4n) is 1.75. The van der Waals surface area contributed by atoms with Gasteiger partial charge in [0.1, 0.15) is 0 Å². The van der Waals surface area contributed by atoms with Gasteiger partial charge in [0.15, 0.2) is 5.13 Å². The molecule has 1 N–H and O–H groups in total. The summed E-state index contributed by atoms with van der Waals surface area (Å²) in [4.78, 5) is 16.0. The highest BCUT2D eigenvalue weighted by molar-refractivity contribution is 7.13. The van der Waals surface area contributed by atoms with Gasteiger partial charge in [-0.25, -0.2) is 4.98 Å². The second-order valence-corrected chi connectivity index (χ2v) is 5.38. The van der Waals surface area contributed by atoms with Crippen molar-refractivity contribution in [3.8, 4) is 0 Å². The van der Waals surface area contributed by atoms with E-state index >= 15 is 0 Å². The molecule has 0 spiro atoms. The van der Waals surface area contributed by atoms with Crippen LogP contribution in [-0.4, -0.2) is 10.9 Å². The molecule has 0 atom stereocenters. The van der Waals surface area contributed by atoms with Crippen LogP contribution in [0.15, 0.2) is 29.6 Å². The molecule has 2 aromatic rings. The number of nitrogens with zero attached hydrogens (tertiary/aromatic N) is 1. The number of benzene rings is 1. The molecule has 100 valence electrons. The predicted octanol–water partition coefficient (Wildman–Crippen LogP) is 3.76. The molecule has 1 heterocycles. The van der Waals surface area contributed by atoms with Crippen molar-refractivity contribution in [2.75, 3.05) is 5.32 Å². The molecule has 0 fully saturated rings. The molecule has 1 aromatic carbocycles. The number of amides is 1. The average Bonchev–Trinajstić information content (AvgIpc) is 2.85. The lowest BCUT2D eigenvalue weighted by Gasteiger charge is -2.05. The van der Waals surface area contributed by atoms with Gasteiger partial charge in [0.25, 0.3) is 0 Å². The van der Waals surface area contributed by atoms with Crippen LogP contribution in [0.2, 0.25) is 0 Å². The minimum absolute atomic E-state index is 0.0151. The van der Waals surface area contributed by atoms with E-state index in [-0.39, 0.29) is 5.91 Å². The summed E-state index contributed by atoms with van der Waals surface area (Å²) in [6.07, 6.45) is 1.20. The van der Waals surface area contributed by atoms with Crippen molar-refractivity contribution in [1.82, 2.24) is 4.98 Å². The van der Waals surface area contributed by atoms with Crippen LogP contribution in [0.3, 0.4) is 0 Å². The lowest BCUT2D eigenvalue weighted by Crippen LogP contribution is -2.12. The fourth-order valence-corrected chi connectivity index (χ4v) is 2.70. The van der Waals surface area contributed by atoms with Crippen LogP contribution >= 0.6 is 22.9 Å². The Balaban J connectivity index is 1.86. The van der Waals surface area contributed by atoms with Crippen LogP contribution in [0, 0.1) is 6.92 Å². The van der Waals surface area contributed by atoms with Gasteiger partial charge in [-0.1, -0.05) is 24.3 Å². The first-order valence-corrected chi connectivity index (χ1v) is 7.45. The number of carbonyl (C=O) groups excluding carboxylic acids is 1. The van der Waals surface area contributed by atoms with E-state index in [4.69, 9.17) is 11.6 Å². The molecule has 19 heavy (non-hydrogen) atoms. The highest BCUT2D eigenvalue weighted by Crippen LogP contribution is 2.17. The second-order valence-electron chi connectivity index (χ2n) is 4.25. The van der Waals surface area contributed by atoms with E-state index < -0.39 is 0 Å². The zero-order valence-electron chi connectivity index (χ0n) is 10.6. The van der Waals surface area contributed by atoms with E-state index in [1.165, 1.54) is 22.5 Å². The SMILES string of the molecule is Cc1ccccc1CCC(=O)Nc1nc(CCl)cs1. The maximum absolute atomic E-state index is 11.8. The summed E-state index contributed by atoms with van der Waals surface area (Å²) in [5, 5.41) is 5.26. The number of hydrogen-bond acceptors (Lipinski definition) is 3. The van der Waals surface area contributed by atoms with Gasteiger partial charge in [0, 0.05) is 11.8 Å². The molecule has 0 saturated heterocycles. The number of aryl methyl sites for hydroxylation is 2. The molecule has 0 aliphatic carbocycles. The zero-order valence-corrected chi connectivity index (χ0v) is 12.2. The third-order valence-corrected chi connectivity index (χ3v) is 3.90. The average molecular weight is 295 g/mol. The first-order valence-electron chi connectivity index (χ1n) is 6.04. The second kappa shape index (κ2) is 6.68. The fraction of sp³-hybridized carbons (Fsp3) is 0.286. The summed E-state index contributed by atoms with van der Waals surface area (Å²) >= 11 is 7.07. The Bertz CT molecular complexity index is 568. The Hall–Kier alpha value is -1.39. The van der Waals surface area contributed by atoms with Crippen molar-refractivity contribution in [3.05, 3.63) is 46.5 Å². The van der Waals surface area contributed by atoms with E-state index in [0.717, 1.165) is 12.1 Å². The van der Waals surface area contributed by atoms with Crippen LogP contribution in [0.4, 0.5) is 5.13 Å². The van der Waals surface area contributed by atoms with Gasteiger partial charge >= 0.3 is 0 Å². The van der Waals surface area contributed by atoms with E-state index in [1.807, 2.05) is 17.5 Å². The molecule has 0 saturated carbocycles. The van der Waals surface area contributed by atoms with E-state index in [1.54, 1.807) is 0 Å². The van der Waals surface area contributed by atoms with Crippen molar-refractivity contribution in [2.45, 2.75) is 25.6 Å². The molecule has 3 nitrogen and oxygen atoms in total. The number of nitrogens with one attached hydrogen (secondary N) is 1. The van der Waals surface area contributed by atoms with Crippen LogP contribution in [0.25, 0.3) is 0 Å². The quantitative estimate of drug-likeness (QED) is 0.853. The maximum Gasteiger partial charge on any atom is 0.226 e. The van der Waals surface area contributed by atoms with Crippen molar-refractivity contribution in [1.29, 1.82) is 0 Å². The standard InChI is InChI=1S/C14H15ClN2OS/c1-10-4-2-3-5-11(10)6-7-13(18)17-14-16-12(8-15)9-19-14/h2-5,9H,6-8H2,1H3,(H,16,17,18). The van der Waals surface area contributed by atoms with Crippen LogP contribution < -0.4 is 5.32 Å². The smallest absolute Gasteiger partial charge is 0.226 e. The predicted molar refractivity (Wildman–Crippen MR) is 79.8 cm³/mol. The Labute approximate surface area is 121 Å². The Kier molecular flexibility index (Phi) is 4.93. The number of anilines is 1. The summed E-state index contributed by atoms with van der Waals surface area (Å²) in [6.45, 7) is 2.06. The van der Waals surface area contributed by atoms with Crippen molar-refractivity contribution in [2.24, 2.45) is 0 Å². The number of aromatic nitrogens is 1. The Morgan fingerprint density at radius 3 is 2.89 bits per heavy atom. The van der Waals surface area contributed by atoms with Crippen molar-refractivity contribution < 1.29 is 4.79 Å². The highest BCUT2D eigenvalue weighted by atomic mass is 35.5. The van der Waals surface area contributed by atoms with E-state index in [2.05, 4.69) is 29.4 Å². The summed E-state index contributed by atoms with van der Waals surface area (Å²) in [7, 11) is 0. The molecule has 1 aromatic heterocycles. The number of halogens is 1. The molecule has 0 aliphatic heterocycles. The molecule has 2 rings (SSSR count). The van der Waals surface area contributed by atoms with Crippen LogP contribution in [0.5, 0.6) is 0 Å². The van der Waals surface area contributed by atoms with Gasteiger partial charge in [0.05, 0.1) is 11.6 Å². The lowest BCUT2D eigenvalue weighted by molar-refractivity contribution is -0.116. The largest absolute Gasteiger partial charge is 0.302 e. The maximum atomic E-state index is 11.8. The number of hydrogen-bond donors (Lipinski definition) is 1. The molecule has 0 unspecified atom stereocenters. The molecule has 0 bridgehead atoms. The van der Waals surface area contributed by atoms with Gasteiger partial charge < -0.3 is 5.32 Å². The number of thiazole rings is 1. The zero-order chi connectivity index (χ0) is 13.7. The van der Waals surface area contributed by atoms with Crippen molar-refractivity contribution >= 4 is 34.0 Å². The Morgan fingerprint density at radius 1 is 1.42 bits per heavy atom. The van der Waals surface area contributed by atoms with Gasteiger partial charge in [0.2, 0.25) is 5.91 Å². The summed E-state index contributed by atoms with van der Waals surface area (Å²) < 4.78 is 0. The molecular formula is C14H15ClN2OS. The molecular weight excluding hydrogens is 280 g/mol. The molecule has 5 heteroatoms. The third kappa shape index (κ3) is 4.04. The highest BCUT2D eigenvalue weighted by Gasteiger charge is 2.07. The lowest BCUT2D eigenvalue weighted by atomic mass is 10.0. The molecule has 1 amide bonds. The van der Waals surface area contributed by atoms with Gasteiger partial charge in [-0.05, 0) is 24.5 Å². The normalized spacial score (nSPS) is 10.4. The number of carbonyl (C=O) groups is 1. The van der Waals surface area contributed by atoms with Crippen molar-refractivity contribution in [3.63, 3.8) is 0 Å². The molecule has 0 radical (unpaired) electrons. The number of rotatable bonds is 5. The van der Waals surface area contributed by atoms with Gasteiger partial charge in [-0.3, -0.25) is 4.79 Å². The van der Waals surface area contributed by atoms with E-state index in [9.17, 15) is 4.79 Å². The minimum Gasteiger partial charge on any atom is -0.302 e. The van der Waals surface area contributed by atoms with Gasteiger partial charge in [-0.2, -0.15) is 0 Å². The van der Waals surface area contributed by atoms with E-state index in [0.29, 0.717) is 17.4 Å². The summed E-state index contributed by atoms with van der Waals surface area (Å²) in [5.74, 6) is 0.356. The number of alkyl halides is 1. The molecule has 0 aliphatic rings. The first-order chi connectivity index (χ1) is 9.19. The third-order valence-electron chi connectivity index (χ3n) is 2.82. The topological polar surface area (TPSA) is 42.0 Å². The summed E-state index contributed by atoms with van der Waals surface area (Å²) in [5.41, 5.74) is 3.22. The van der Waals surface area contributed by atoms with Crippen LogP contribution in [-0.2, 0) is 17.1 Å². The Morgan fingerprint density at radius 2 is 2.21 bits per heavy atom. The van der Waals surface area contributed by atoms with Crippen LogP contribution in [0.1, 0.15) is 23.2 Å². The monoisotopic (exact) mass is 294 g/mol. The summed E-state index contributed by atoms with van der Waals surface area (Å²) in [6, 6.07) is 8.11.